The van der Waals surface area contributed by atoms with Gasteiger partial charge in [0.05, 0.1) is 13.7 Å². The van der Waals surface area contributed by atoms with Crippen molar-refractivity contribution in [3.63, 3.8) is 0 Å². The Morgan fingerprint density at radius 2 is 1.91 bits per heavy atom. The minimum atomic E-state index is -0.133. The van der Waals surface area contributed by atoms with Crippen molar-refractivity contribution in [2.45, 2.75) is 25.2 Å². The van der Waals surface area contributed by atoms with E-state index in [1.165, 1.54) is 11.3 Å². The molecule has 166 valence electrons. The van der Waals surface area contributed by atoms with Crippen LogP contribution in [-0.4, -0.2) is 42.3 Å². The van der Waals surface area contributed by atoms with Gasteiger partial charge in [0.2, 0.25) is 16.9 Å². The molecule has 1 N–H and O–H groups in total. The number of hydrogen-bond acceptors (Lipinski definition) is 7. The van der Waals surface area contributed by atoms with Gasteiger partial charge in [0, 0.05) is 31.0 Å². The van der Waals surface area contributed by atoms with Crippen LogP contribution in [0.4, 0.5) is 10.8 Å². The summed E-state index contributed by atoms with van der Waals surface area (Å²) in [5.41, 5.74) is 0.828. The van der Waals surface area contributed by atoms with Crippen molar-refractivity contribution >= 4 is 34.0 Å². The smallest absolute Gasteiger partial charge is 0.227 e. The number of carbonyl (C=O) groups is 2. The zero-order chi connectivity index (χ0) is 22.3. The Balaban J connectivity index is 1.26. The molecule has 0 bridgehead atoms. The number of amides is 2. The first-order valence-electron chi connectivity index (χ1n) is 10.4. The molecule has 0 spiro atoms. The normalized spacial score (nSPS) is 15.6. The molecular formula is C23H24N4O4S. The Labute approximate surface area is 190 Å². The summed E-state index contributed by atoms with van der Waals surface area (Å²) in [6, 6.07) is 16.9. The number of ether oxygens (including phenoxy) is 2. The number of methoxy groups -OCH3 is 1. The Morgan fingerprint density at radius 1 is 1.12 bits per heavy atom. The van der Waals surface area contributed by atoms with E-state index in [4.69, 9.17) is 9.47 Å². The second kappa shape index (κ2) is 10.2. The number of nitrogens with one attached hydrogen (secondary N) is 1. The lowest BCUT2D eigenvalue weighted by Crippen LogP contribution is -2.24. The van der Waals surface area contributed by atoms with Crippen LogP contribution in [0, 0.1) is 0 Å². The molecule has 32 heavy (non-hydrogen) atoms. The second-order valence-electron chi connectivity index (χ2n) is 7.36. The molecule has 1 aliphatic heterocycles. The van der Waals surface area contributed by atoms with Crippen LogP contribution in [0.25, 0.3) is 0 Å². The molecule has 3 aromatic rings. The number of nitrogens with zero attached hydrogens (tertiary/aromatic N) is 3. The lowest BCUT2D eigenvalue weighted by atomic mass is 10.1. The number of hydrogen-bond donors (Lipinski definition) is 1. The standard InChI is InChI=1S/C23H24N4O4S/c1-30-18-11-9-17(10-12-18)27-15-16(14-21(27)29)22-25-26-23(32-22)24-20(28)8-5-13-31-19-6-3-2-4-7-19/h2-4,6-7,9-12,16H,5,8,13-15H2,1H3,(H,24,26,28). The highest BCUT2D eigenvalue weighted by Crippen LogP contribution is 2.34. The van der Waals surface area contributed by atoms with E-state index in [-0.39, 0.29) is 17.7 Å². The highest BCUT2D eigenvalue weighted by atomic mass is 32.1. The van der Waals surface area contributed by atoms with Gasteiger partial charge in [-0.3, -0.25) is 9.59 Å². The highest BCUT2D eigenvalue weighted by Gasteiger charge is 2.34. The highest BCUT2D eigenvalue weighted by molar-refractivity contribution is 7.15. The number of anilines is 2. The van der Waals surface area contributed by atoms with Crippen LogP contribution in [0.1, 0.15) is 30.2 Å². The molecule has 0 aliphatic carbocycles. The fraction of sp³-hybridized carbons (Fsp3) is 0.304. The van der Waals surface area contributed by atoms with Gasteiger partial charge >= 0.3 is 0 Å². The van der Waals surface area contributed by atoms with Crippen molar-refractivity contribution < 1.29 is 19.1 Å². The summed E-state index contributed by atoms with van der Waals surface area (Å²) in [6.07, 6.45) is 1.29. The maximum absolute atomic E-state index is 12.5. The molecule has 8 nitrogen and oxygen atoms in total. The van der Waals surface area contributed by atoms with Gasteiger partial charge < -0.3 is 19.7 Å². The van der Waals surface area contributed by atoms with Gasteiger partial charge in [-0.15, -0.1) is 10.2 Å². The molecule has 2 aromatic carbocycles. The van der Waals surface area contributed by atoms with E-state index in [0.29, 0.717) is 37.5 Å². The predicted octanol–water partition coefficient (Wildman–Crippen LogP) is 3.86. The Kier molecular flexibility index (Phi) is 6.96. The molecule has 0 saturated carbocycles. The van der Waals surface area contributed by atoms with Crippen LogP contribution in [0.15, 0.2) is 54.6 Å². The first kappa shape index (κ1) is 21.8. The topological polar surface area (TPSA) is 93.7 Å². The Hall–Kier alpha value is -3.46. The summed E-state index contributed by atoms with van der Waals surface area (Å²) in [6.45, 7) is 0.995. The van der Waals surface area contributed by atoms with Gasteiger partial charge in [0.25, 0.3) is 0 Å². The first-order chi connectivity index (χ1) is 15.6. The van der Waals surface area contributed by atoms with Gasteiger partial charge in [0.15, 0.2) is 0 Å². The summed E-state index contributed by atoms with van der Waals surface area (Å²) < 4.78 is 10.8. The van der Waals surface area contributed by atoms with Crippen molar-refractivity contribution in [2.75, 3.05) is 30.5 Å². The van der Waals surface area contributed by atoms with E-state index < -0.39 is 0 Å². The molecular weight excluding hydrogens is 428 g/mol. The second-order valence-corrected chi connectivity index (χ2v) is 8.37. The SMILES string of the molecule is COc1ccc(N2CC(c3nnc(NC(=O)CCCOc4ccccc4)s3)CC2=O)cc1. The zero-order valence-corrected chi connectivity index (χ0v) is 18.5. The minimum absolute atomic E-state index is 0.0411. The third-order valence-corrected chi connectivity index (χ3v) is 6.11. The lowest BCUT2D eigenvalue weighted by molar-refractivity contribution is -0.117. The number of para-hydroxylation sites is 1. The van der Waals surface area contributed by atoms with Crippen LogP contribution in [0.2, 0.25) is 0 Å². The van der Waals surface area contributed by atoms with Crippen molar-refractivity contribution in [3.8, 4) is 11.5 Å². The van der Waals surface area contributed by atoms with Crippen molar-refractivity contribution in [3.05, 3.63) is 59.6 Å². The van der Waals surface area contributed by atoms with Gasteiger partial charge in [-0.1, -0.05) is 29.5 Å². The van der Waals surface area contributed by atoms with Gasteiger partial charge in [-0.2, -0.15) is 0 Å². The molecule has 1 saturated heterocycles. The van der Waals surface area contributed by atoms with E-state index in [0.717, 1.165) is 22.2 Å². The fourth-order valence-corrected chi connectivity index (χ4v) is 4.31. The number of rotatable bonds is 9. The van der Waals surface area contributed by atoms with Crippen LogP contribution in [-0.2, 0) is 9.59 Å². The third-order valence-electron chi connectivity index (χ3n) is 5.11. The molecule has 2 amide bonds. The molecule has 1 aromatic heterocycles. The summed E-state index contributed by atoms with van der Waals surface area (Å²) in [5.74, 6) is 1.39. The van der Waals surface area contributed by atoms with Crippen LogP contribution >= 0.6 is 11.3 Å². The molecule has 0 radical (unpaired) electrons. The van der Waals surface area contributed by atoms with E-state index in [9.17, 15) is 9.59 Å². The average molecular weight is 453 g/mol. The number of carbonyl (C=O) groups excluding carboxylic acids is 2. The third kappa shape index (κ3) is 5.42. The van der Waals surface area contributed by atoms with Gasteiger partial charge in [-0.25, -0.2) is 0 Å². The van der Waals surface area contributed by atoms with Crippen molar-refractivity contribution in [2.24, 2.45) is 0 Å². The van der Waals surface area contributed by atoms with Gasteiger partial charge in [-0.05, 0) is 42.8 Å². The Morgan fingerprint density at radius 3 is 2.66 bits per heavy atom. The van der Waals surface area contributed by atoms with E-state index in [1.54, 1.807) is 12.0 Å². The van der Waals surface area contributed by atoms with Crippen molar-refractivity contribution in [1.82, 2.24) is 10.2 Å². The molecule has 1 unspecified atom stereocenters. The Bertz CT molecular complexity index is 1060. The van der Waals surface area contributed by atoms with Crippen LogP contribution in [0.3, 0.4) is 0 Å². The maximum Gasteiger partial charge on any atom is 0.227 e. The molecule has 1 aliphatic rings. The molecule has 1 fully saturated rings. The van der Waals surface area contributed by atoms with Crippen LogP contribution in [0.5, 0.6) is 11.5 Å². The maximum atomic E-state index is 12.5. The van der Waals surface area contributed by atoms with Crippen LogP contribution < -0.4 is 19.7 Å². The molecule has 9 heteroatoms. The summed E-state index contributed by atoms with van der Waals surface area (Å²) in [5, 5.41) is 12.3. The predicted molar refractivity (Wildman–Crippen MR) is 122 cm³/mol. The summed E-state index contributed by atoms with van der Waals surface area (Å²) in [7, 11) is 1.61. The quantitative estimate of drug-likeness (QED) is 0.496. The lowest BCUT2D eigenvalue weighted by Gasteiger charge is -2.16. The number of aromatic nitrogens is 2. The molecule has 1 atom stereocenters. The number of benzene rings is 2. The van der Waals surface area contributed by atoms with E-state index in [1.807, 2.05) is 54.6 Å². The monoisotopic (exact) mass is 452 g/mol. The fourth-order valence-electron chi connectivity index (χ4n) is 3.46. The summed E-state index contributed by atoms with van der Waals surface area (Å²) >= 11 is 1.32. The first-order valence-corrected chi connectivity index (χ1v) is 11.2. The molecule has 4 rings (SSSR count). The van der Waals surface area contributed by atoms with E-state index >= 15 is 0 Å². The largest absolute Gasteiger partial charge is 0.497 e. The average Bonchev–Trinajstić information content (AvgIpc) is 3.44. The van der Waals surface area contributed by atoms with Gasteiger partial charge in [0.1, 0.15) is 16.5 Å². The van der Waals surface area contributed by atoms with E-state index in [2.05, 4.69) is 15.5 Å². The van der Waals surface area contributed by atoms with Crippen molar-refractivity contribution in [1.29, 1.82) is 0 Å². The summed E-state index contributed by atoms with van der Waals surface area (Å²) in [4.78, 5) is 26.5. The zero-order valence-electron chi connectivity index (χ0n) is 17.7. The molecule has 2 heterocycles. The minimum Gasteiger partial charge on any atom is -0.497 e.